The first-order valence-corrected chi connectivity index (χ1v) is 7.33. The Morgan fingerprint density at radius 3 is 2.17 bits per heavy atom. The van der Waals surface area contributed by atoms with Crippen LogP contribution in [0.15, 0.2) is 54.6 Å². The molecule has 0 atom stereocenters. The Hall–Kier alpha value is -2.75. The van der Waals surface area contributed by atoms with Crippen LogP contribution < -0.4 is 9.47 Å². The van der Waals surface area contributed by atoms with Gasteiger partial charge in [0, 0.05) is 19.7 Å². The van der Waals surface area contributed by atoms with Crippen LogP contribution in [0.1, 0.15) is 11.1 Å². The molecule has 4 heteroatoms. The van der Waals surface area contributed by atoms with Crippen LogP contribution in [-0.4, -0.2) is 32.1 Å². The van der Waals surface area contributed by atoms with Crippen molar-refractivity contribution in [2.75, 3.05) is 21.3 Å². The van der Waals surface area contributed by atoms with Gasteiger partial charge in [0.1, 0.15) is 11.5 Å². The van der Waals surface area contributed by atoms with Gasteiger partial charge in [-0.2, -0.15) is 0 Å². The number of nitrogens with zero attached hydrogens (tertiary/aromatic N) is 1. The van der Waals surface area contributed by atoms with Crippen LogP contribution in [0.4, 0.5) is 0 Å². The summed E-state index contributed by atoms with van der Waals surface area (Å²) in [6, 6.07) is 15.4. The molecule has 0 aromatic heterocycles. The Bertz CT molecular complexity index is 658. The van der Waals surface area contributed by atoms with Gasteiger partial charge >= 0.3 is 0 Å². The van der Waals surface area contributed by atoms with Gasteiger partial charge in [-0.25, -0.2) is 0 Å². The molecule has 0 aliphatic rings. The van der Waals surface area contributed by atoms with Gasteiger partial charge in [0.05, 0.1) is 19.8 Å². The molecule has 0 saturated carbocycles. The number of hydrogen-bond donors (Lipinski definition) is 0. The molecule has 0 saturated heterocycles. The number of ether oxygens (including phenoxy) is 2. The number of methoxy groups -OCH3 is 2. The quantitative estimate of drug-likeness (QED) is 0.768. The summed E-state index contributed by atoms with van der Waals surface area (Å²) in [7, 11) is 4.96. The number of benzene rings is 2. The van der Waals surface area contributed by atoms with Crippen molar-refractivity contribution in [3.8, 4) is 11.5 Å². The summed E-state index contributed by atoms with van der Waals surface area (Å²) >= 11 is 0. The van der Waals surface area contributed by atoms with E-state index in [0.717, 1.165) is 11.1 Å². The molecule has 23 heavy (non-hydrogen) atoms. The highest BCUT2D eigenvalue weighted by molar-refractivity contribution is 5.92. The predicted molar refractivity (Wildman–Crippen MR) is 91.5 cm³/mol. The van der Waals surface area contributed by atoms with E-state index in [2.05, 4.69) is 0 Å². The predicted octanol–water partition coefficient (Wildman–Crippen LogP) is 3.38. The number of likely N-dealkylation sites (N-methyl/N-ethyl adjacent to an activating group) is 1. The first-order chi connectivity index (χ1) is 11.2. The van der Waals surface area contributed by atoms with Crippen molar-refractivity contribution in [2.45, 2.75) is 6.54 Å². The molecule has 2 aromatic rings. The van der Waals surface area contributed by atoms with E-state index in [0.29, 0.717) is 18.0 Å². The molecular weight excluding hydrogens is 290 g/mol. The average Bonchev–Trinajstić information content (AvgIpc) is 2.59. The third kappa shape index (κ3) is 4.36. The highest BCUT2D eigenvalue weighted by atomic mass is 16.5. The van der Waals surface area contributed by atoms with Crippen LogP contribution in [0.2, 0.25) is 0 Å². The molecule has 0 radical (unpaired) electrons. The van der Waals surface area contributed by atoms with Crippen LogP contribution in [0.25, 0.3) is 6.08 Å². The first-order valence-electron chi connectivity index (χ1n) is 7.33. The molecule has 0 aliphatic heterocycles. The van der Waals surface area contributed by atoms with Crippen LogP contribution >= 0.6 is 0 Å². The van der Waals surface area contributed by atoms with Crippen LogP contribution in [0, 0.1) is 0 Å². The fraction of sp³-hybridized carbons (Fsp3) is 0.211. The van der Waals surface area contributed by atoms with E-state index in [4.69, 9.17) is 9.47 Å². The Balaban J connectivity index is 2.12. The van der Waals surface area contributed by atoms with Gasteiger partial charge in [-0.1, -0.05) is 36.4 Å². The summed E-state index contributed by atoms with van der Waals surface area (Å²) in [4.78, 5) is 13.9. The Kier molecular flexibility index (Phi) is 5.80. The maximum Gasteiger partial charge on any atom is 0.246 e. The molecule has 4 nitrogen and oxygen atoms in total. The van der Waals surface area contributed by atoms with Gasteiger partial charge in [-0.05, 0) is 23.8 Å². The third-order valence-corrected chi connectivity index (χ3v) is 3.50. The van der Waals surface area contributed by atoms with E-state index < -0.39 is 0 Å². The minimum absolute atomic E-state index is 0.0817. The lowest BCUT2D eigenvalue weighted by atomic mass is 10.1. The second-order valence-corrected chi connectivity index (χ2v) is 5.09. The number of carbonyl (C=O) groups is 1. The SMILES string of the molecule is COc1cccc(OC)c1C=CC(=O)N(C)Cc1ccccc1. The van der Waals surface area contributed by atoms with Crippen molar-refractivity contribution < 1.29 is 14.3 Å². The second-order valence-electron chi connectivity index (χ2n) is 5.09. The van der Waals surface area contributed by atoms with Crippen molar-refractivity contribution in [1.82, 2.24) is 4.90 Å². The molecule has 0 unspecified atom stereocenters. The molecule has 0 spiro atoms. The standard InChI is InChI=1S/C19H21NO3/c1-20(14-15-8-5-4-6-9-15)19(21)13-12-16-17(22-2)10-7-11-18(16)23-3/h4-13H,14H2,1-3H3. The van der Waals surface area contributed by atoms with E-state index in [1.807, 2.05) is 48.5 Å². The van der Waals surface area contributed by atoms with E-state index >= 15 is 0 Å². The molecule has 0 aliphatic carbocycles. The van der Waals surface area contributed by atoms with E-state index in [1.165, 1.54) is 6.08 Å². The van der Waals surface area contributed by atoms with Crippen molar-refractivity contribution >= 4 is 12.0 Å². The minimum atomic E-state index is -0.0817. The summed E-state index contributed by atoms with van der Waals surface area (Å²) in [5, 5.41) is 0. The zero-order chi connectivity index (χ0) is 16.7. The van der Waals surface area contributed by atoms with Gasteiger partial charge in [0.15, 0.2) is 0 Å². The Morgan fingerprint density at radius 1 is 1.00 bits per heavy atom. The fourth-order valence-corrected chi connectivity index (χ4v) is 2.26. The smallest absolute Gasteiger partial charge is 0.246 e. The lowest BCUT2D eigenvalue weighted by Gasteiger charge is -2.15. The highest BCUT2D eigenvalue weighted by Crippen LogP contribution is 2.29. The molecule has 0 bridgehead atoms. The molecule has 0 N–H and O–H groups in total. The zero-order valence-corrected chi connectivity index (χ0v) is 13.7. The normalized spacial score (nSPS) is 10.6. The molecule has 1 amide bonds. The average molecular weight is 311 g/mol. The topological polar surface area (TPSA) is 38.8 Å². The third-order valence-electron chi connectivity index (χ3n) is 3.50. The lowest BCUT2D eigenvalue weighted by molar-refractivity contribution is -0.125. The maximum atomic E-state index is 12.3. The summed E-state index contributed by atoms with van der Waals surface area (Å²) in [5.74, 6) is 1.25. The molecule has 2 aromatic carbocycles. The number of amides is 1. The van der Waals surface area contributed by atoms with Crippen LogP contribution in [0.3, 0.4) is 0 Å². The summed E-state index contributed by atoms with van der Waals surface area (Å²) in [5.41, 5.74) is 1.84. The van der Waals surface area contributed by atoms with Gasteiger partial charge in [0.25, 0.3) is 0 Å². The lowest BCUT2D eigenvalue weighted by Crippen LogP contribution is -2.24. The summed E-state index contributed by atoms with van der Waals surface area (Å²) < 4.78 is 10.6. The largest absolute Gasteiger partial charge is 0.496 e. The van der Waals surface area contributed by atoms with Gasteiger partial charge in [-0.3, -0.25) is 4.79 Å². The van der Waals surface area contributed by atoms with E-state index in [9.17, 15) is 4.79 Å². The molecule has 2 rings (SSSR count). The summed E-state index contributed by atoms with van der Waals surface area (Å²) in [6.07, 6.45) is 3.25. The van der Waals surface area contributed by atoms with Gasteiger partial charge < -0.3 is 14.4 Å². The van der Waals surface area contributed by atoms with Gasteiger partial charge in [-0.15, -0.1) is 0 Å². The van der Waals surface area contributed by atoms with Crippen molar-refractivity contribution in [3.63, 3.8) is 0 Å². The monoisotopic (exact) mass is 311 g/mol. The van der Waals surface area contributed by atoms with E-state index in [1.54, 1.807) is 32.2 Å². The highest BCUT2D eigenvalue weighted by Gasteiger charge is 2.09. The number of rotatable bonds is 6. The van der Waals surface area contributed by atoms with Crippen molar-refractivity contribution in [3.05, 3.63) is 65.7 Å². The molecule has 0 fully saturated rings. The Labute approximate surface area is 137 Å². The fourth-order valence-electron chi connectivity index (χ4n) is 2.26. The number of carbonyl (C=O) groups excluding carboxylic acids is 1. The van der Waals surface area contributed by atoms with Gasteiger partial charge in [0.2, 0.25) is 5.91 Å². The molecular formula is C19H21NO3. The van der Waals surface area contributed by atoms with Crippen molar-refractivity contribution in [2.24, 2.45) is 0 Å². The molecule has 0 heterocycles. The maximum absolute atomic E-state index is 12.3. The van der Waals surface area contributed by atoms with Crippen molar-refractivity contribution in [1.29, 1.82) is 0 Å². The van der Waals surface area contributed by atoms with Crippen LogP contribution in [0.5, 0.6) is 11.5 Å². The second kappa shape index (κ2) is 8.03. The van der Waals surface area contributed by atoms with E-state index in [-0.39, 0.29) is 5.91 Å². The minimum Gasteiger partial charge on any atom is -0.496 e. The Morgan fingerprint density at radius 2 is 1.61 bits per heavy atom. The first kappa shape index (κ1) is 16.6. The zero-order valence-electron chi connectivity index (χ0n) is 13.7. The summed E-state index contributed by atoms with van der Waals surface area (Å²) in [6.45, 7) is 0.563. The molecule has 120 valence electrons. The van der Waals surface area contributed by atoms with Crippen LogP contribution in [-0.2, 0) is 11.3 Å². The number of hydrogen-bond acceptors (Lipinski definition) is 3.